The second kappa shape index (κ2) is 8.17. The number of anilines is 2. The Morgan fingerprint density at radius 1 is 1.08 bits per heavy atom. The molecule has 0 atom stereocenters. The summed E-state index contributed by atoms with van der Waals surface area (Å²) in [7, 11) is 1.74. The Morgan fingerprint density at radius 3 is 2.28 bits per heavy atom. The Labute approximate surface area is 154 Å². The number of nitrogens with zero attached hydrogens (tertiary/aromatic N) is 2. The van der Waals surface area contributed by atoms with Crippen molar-refractivity contribution >= 4 is 34.8 Å². The quantitative estimate of drug-likeness (QED) is 0.796. The van der Waals surface area contributed by atoms with Gasteiger partial charge in [-0.1, -0.05) is 35.9 Å². The Balaban J connectivity index is 2.16. The van der Waals surface area contributed by atoms with Crippen molar-refractivity contribution < 1.29 is 9.59 Å². The molecule has 5 heteroatoms. The number of hydrogen-bond donors (Lipinski definition) is 0. The lowest BCUT2D eigenvalue weighted by atomic mass is 10.1. The molecule has 0 aliphatic carbocycles. The average Bonchev–Trinajstić information content (AvgIpc) is 2.56. The van der Waals surface area contributed by atoms with Crippen molar-refractivity contribution in [2.45, 2.75) is 27.2 Å². The van der Waals surface area contributed by atoms with E-state index in [0.29, 0.717) is 10.7 Å². The van der Waals surface area contributed by atoms with Crippen LogP contribution >= 0.6 is 11.6 Å². The average molecular weight is 359 g/mol. The summed E-state index contributed by atoms with van der Waals surface area (Å²) in [6.45, 7) is 5.65. The van der Waals surface area contributed by atoms with Crippen molar-refractivity contribution in [1.29, 1.82) is 0 Å². The first-order chi connectivity index (χ1) is 11.8. The van der Waals surface area contributed by atoms with Crippen molar-refractivity contribution in [3.8, 4) is 0 Å². The zero-order valence-corrected chi connectivity index (χ0v) is 15.8. The van der Waals surface area contributed by atoms with Crippen LogP contribution in [0.25, 0.3) is 0 Å². The van der Waals surface area contributed by atoms with Gasteiger partial charge in [0.25, 0.3) is 0 Å². The molecular weight excluding hydrogens is 336 g/mol. The zero-order valence-electron chi connectivity index (χ0n) is 15.0. The zero-order chi connectivity index (χ0) is 18.6. The maximum Gasteiger partial charge on any atom is 0.228 e. The molecule has 0 aliphatic rings. The SMILES string of the molecule is CC(=O)N(CCC(=O)N(C)c1ccccc1)c1c(C)cc(C)cc1Cl. The predicted octanol–water partition coefficient (Wildman–Crippen LogP) is 4.36. The highest BCUT2D eigenvalue weighted by Gasteiger charge is 2.20. The molecule has 0 heterocycles. The third-order valence-electron chi connectivity index (χ3n) is 4.12. The van der Waals surface area contributed by atoms with Crippen LogP contribution < -0.4 is 9.80 Å². The summed E-state index contributed by atoms with van der Waals surface area (Å²) >= 11 is 6.36. The van der Waals surface area contributed by atoms with Crippen molar-refractivity contribution in [3.05, 3.63) is 58.6 Å². The first-order valence-electron chi connectivity index (χ1n) is 8.17. The van der Waals surface area contributed by atoms with Crippen molar-refractivity contribution in [2.24, 2.45) is 0 Å². The summed E-state index contributed by atoms with van der Waals surface area (Å²) in [4.78, 5) is 27.8. The third-order valence-corrected chi connectivity index (χ3v) is 4.40. The number of para-hydroxylation sites is 1. The van der Waals surface area contributed by atoms with E-state index in [1.807, 2.05) is 56.3 Å². The van der Waals surface area contributed by atoms with Crippen LogP contribution in [0.2, 0.25) is 5.02 Å². The van der Waals surface area contributed by atoms with Gasteiger partial charge in [0.2, 0.25) is 11.8 Å². The highest BCUT2D eigenvalue weighted by atomic mass is 35.5. The molecule has 0 N–H and O–H groups in total. The van der Waals surface area contributed by atoms with Crippen LogP contribution in [-0.4, -0.2) is 25.4 Å². The number of rotatable bonds is 5. The minimum atomic E-state index is -0.135. The lowest BCUT2D eigenvalue weighted by molar-refractivity contribution is -0.118. The molecule has 2 rings (SSSR count). The molecule has 0 aromatic heterocycles. The van der Waals surface area contributed by atoms with Gasteiger partial charge >= 0.3 is 0 Å². The number of aryl methyl sites for hydroxylation is 2. The first kappa shape index (κ1) is 19.0. The second-order valence-corrected chi connectivity index (χ2v) is 6.53. The van der Waals surface area contributed by atoms with Gasteiger partial charge in [-0.05, 0) is 43.2 Å². The van der Waals surface area contributed by atoms with E-state index in [9.17, 15) is 9.59 Å². The first-order valence-corrected chi connectivity index (χ1v) is 8.55. The van der Waals surface area contributed by atoms with E-state index in [1.54, 1.807) is 16.8 Å². The molecule has 0 saturated heterocycles. The van der Waals surface area contributed by atoms with Gasteiger partial charge in [0.15, 0.2) is 0 Å². The van der Waals surface area contributed by atoms with Gasteiger partial charge in [0.1, 0.15) is 0 Å². The summed E-state index contributed by atoms with van der Waals surface area (Å²) in [5.41, 5.74) is 3.46. The molecule has 2 aromatic carbocycles. The summed E-state index contributed by atoms with van der Waals surface area (Å²) in [5, 5.41) is 0.525. The van der Waals surface area contributed by atoms with Crippen molar-refractivity contribution in [3.63, 3.8) is 0 Å². The number of benzene rings is 2. The molecular formula is C20H23ClN2O2. The number of amides is 2. The van der Waals surface area contributed by atoms with E-state index < -0.39 is 0 Å². The monoisotopic (exact) mass is 358 g/mol. The minimum absolute atomic E-state index is 0.0571. The molecule has 4 nitrogen and oxygen atoms in total. The van der Waals surface area contributed by atoms with Gasteiger partial charge < -0.3 is 9.80 Å². The Bertz CT molecular complexity index is 752. The third kappa shape index (κ3) is 4.60. The largest absolute Gasteiger partial charge is 0.315 e. The highest BCUT2D eigenvalue weighted by Crippen LogP contribution is 2.31. The van der Waals surface area contributed by atoms with Crippen LogP contribution in [0.4, 0.5) is 11.4 Å². The van der Waals surface area contributed by atoms with Gasteiger partial charge in [-0.2, -0.15) is 0 Å². The topological polar surface area (TPSA) is 40.6 Å². The maximum atomic E-state index is 12.5. The lowest BCUT2D eigenvalue weighted by Crippen LogP contribution is -2.35. The van der Waals surface area contributed by atoms with E-state index in [0.717, 1.165) is 16.8 Å². The minimum Gasteiger partial charge on any atom is -0.315 e. The van der Waals surface area contributed by atoms with E-state index in [1.165, 1.54) is 6.92 Å². The predicted molar refractivity (Wildman–Crippen MR) is 103 cm³/mol. The second-order valence-electron chi connectivity index (χ2n) is 6.12. The van der Waals surface area contributed by atoms with Crippen LogP contribution in [0.15, 0.2) is 42.5 Å². The fourth-order valence-corrected chi connectivity index (χ4v) is 3.27. The summed E-state index contributed by atoms with van der Waals surface area (Å²) in [5.74, 6) is -0.192. The van der Waals surface area contributed by atoms with E-state index >= 15 is 0 Å². The molecule has 2 aromatic rings. The molecule has 0 radical (unpaired) electrons. The molecule has 0 fully saturated rings. The van der Waals surface area contributed by atoms with Crippen molar-refractivity contribution in [1.82, 2.24) is 0 Å². The molecule has 0 aliphatic heterocycles. The van der Waals surface area contributed by atoms with Crippen molar-refractivity contribution in [2.75, 3.05) is 23.4 Å². The lowest BCUT2D eigenvalue weighted by Gasteiger charge is -2.26. The van der Waals surface area contributed by atoms with Crippen LogP contribution in [0.3, 0.4) is 0 Å². The number of halogens is 1. The molecule has 2 amide bonds. The number of carbonyl (C=O) groups excluding carboxylic acids is 2. The highest BCUT2D eigenvalue weighted by molar-refractivity contribution is 6.34. The van der Waals surface area contributed by atoms with Gasteiger partial charge in [-0.15, -0.1) is 0 Å². The normalized spacial score (nSPS) is 10.4. The molecule has 0 saturated carbocycles. The van der Waals surface area contributed by atoms with E-state index in [4.69, 9.17) is 11.6 Å². The summed E-state index contributed by atoms with van der Waals surface area (Å²) in [6, 6.07) is 13.2. The summed E-state index contributed by atoms with van der Waals surface area (Å²) in [6.07, 6.45) is 0.217. The smallest absolute Gasteiger partial charge is 0.228 e. The molecule has 0 bridgehead atoms. The van der Waals surface area contributed by atoms with Gasteiger partial charge in [-0.25, -0.2) is 0 Å². The molecule has 132 valence electrons. The van der Waals surface area contributed by atoms with Crippen LogP contribution in [-0.2, 0) is 9.59 Å². The van der Waals surface area contributed by atoms with Gasteiger partial charge in [0.05, 0.1) is 10.7 Å². The summed E-state index contributed by atoms with van der Waals surface area (Å²) < 4.78 is 0. The Kier molecular flexibility index (Phi) is 6.21. The maximum absolute atomic E-state index is 12.5. The Morgan fingerprint density at radius 2 is 1.72 bits per heavy atom. The standard InChI is InChI=1S/C20H23ClN2O2/c1-14-12-15(2)20(18(21)13-14)23(16(3)24)11-10-19(25)22(4)17-8-6-5-7-9-17/h5-9,12-13H,10-11H2,1-4H3. The van der Waals surface area contributed by atoms with Crippen LogP contribution in [0.5, 0.6) is 0 Å². The van der Waals surface area contributed by atoms with E-state index in [2.05, 4.69) is 0 Å². The fourth-order valence-electron chi connectivity index (χ4n) is 2.85. The molecule has 0 spiro atoms. The van der Waals surface area contributed by atoms with Crippen LogP contribution in [0.1, 0.15) is 24.5 Å². The van der Waals surface area contributed by atoms with Gasteiger partial charge in [0, 0.05) is 32.6 Å². The molecule has 25 heavy (non-hydrogen) atoms. The number of carbonyl (C=O) groups is 2. The molecule has 0 unspecified atom stereocenters. The fraction of sp³-hybridized carbons (Fsp3) is 0.300. The van der Waals surface area contributed by atoms with E-state index in [-0.39, 0.29) is 24.8 Å². The van der Waals surface area contributed by atoms with Gasteiger partial charge in [-0.3, -0.25) is 9.59 Å². The Hall–Kier alpha value is -2.33. The van der Waals surface area contributed by atoms with Crippen LogP contribution in [0, 0.1) is 13.8 Å². The number of hydrogen-bond acceptors (Lipinski definition) is 2.